The van der Waals surface area contributed by atoms with E-state index in [2.05, 4.69) is 6.07 Å². The summed E-state index contributed by atoms with van der Waals surface area (Å²) in [4.78, 5) is 0. The van der Waals surface area contributed by atoms with E-state index >= 15 is 0 Å². The molecule has 0 aromatic heterocycles. The molecule has 0 aromatic carbocycles. The molecule has 1 aliphatic rings. The summed E-state index contributed by atoms with van der Waals surface area (Å²) in [6, 6.07) is 2.25. The molecule has 0 N–H and O–H groups in total. The lowest BCUT2D eigenvalue weighted by Crippen LogP contribution is -2.21. The van der Waals surface area contributed by atoms with Crippen molar-refractivity contribution in [1.29, 1.82) is 5.26 Å². The first kappa shape index (κ1) is 10.4. The van der Waals surface area contributed by atoms with Gasteiger partial charge >= 0.3 is 0 Å². The topological polar surface area (TPSA) is 33.0 Å². The van der Waals surface area contributed by atoms with Crippen LogP contribution in [0.1, 0.15) is 33.6 Å². The van der Waals surface area contributed by atoms with Gasteiger partial charge in [-0.1, -0.05) is 13.8 Å². The monoisotopic (exact) mass is 155 g/mol. The third-order valence-electron chi connectivity index (χ3n) is 1.67. The Morgan fingerprint density at radius 1 is 1.45 bits per heavy atom. The fourth-order valence-corrected chi connectivity index (χ4v) is 1.12. The Balaban J connectivity index is 0.000000461. The minimum absolute atomic E-state index is 0.244. The molecule has 0 spiro atoms. The smallest absolute Gasteiger partial charge is 0.0657 e. The van der Waals surface area contributed by atoms with E-state index in [0.29, 0.717) is 6.10 Å². The first-order valence-electron chi connectivity index (χ1n) is 4.34. The molecule has 1 fully saturated rings. The van der Waals surface area contributed by atoms with Crippen molar-refractivity contribution in [3.8, 4) is 6.07 Å². The van der Waals surface area contributed by atoms with Gasteiger partial charge < -0.3 is 4.74 Å². The molecular formula is C9H17NO. The third kappa shape index (κ3) is 4.00. The molecule has 0 saturated carbocycles. The van der Waals surface area contributed by atoms with E-state index in [0.717, 1.165) is 19.4 Å². The zero-order chi connectivity index (χ0) is 8.69. The lowest BCUT2D eigenvalue weighted by atomic mass is 9.98. The number of hydrogen-bond donors (Lipinski definition) is 0. The molecule has 1 saturated heterocycles. The lowest BCUT2D eigenvalue weighted by Gasteiger charge is -2.21. The van der Waals surface area contributed by atoms with Gasteiger partial charge in [-0.2, -0.15) is 5.26 Å². The molecule has 0 aromatic rings. The summed E-state index contributed by atoms with van der Waals surface area (Å²) in [5, 5.41) is 8.50. The van der Waals surface area contributed by atoms with E-state index in [1.165, 1.54) is 0 Å². The molecule has 2 atom stereocenters. The van der Waals surface area contributed by atoms with Crippen molar-refractivity contribution < 1.29 is 4.74 Å². The van der Waals surface area contributed by atoms with Crippen molar-refractivity contribution in [3.63, 3.8) is 0 Å². The molecule has 0 bridgehead atoms. The van der Waals surface area contributed by atoms with E-state index < -0.39 is 0 Å². The molecule has 1 rings (SSSR count). The van der Waals surface area contributed by atoms with Crippen molar-refractivity contribution in [2.45, 2.75) is 39.7 Å². The Labute approximate surface area is 69.2 Å². The first-order valence-corrected chi connectivity index (χ1v) is 4.34. The van der Waals surface area contributed by atoms with Gasteiger partial charge in [0.15, 0.2) is 0 Å². The van der Waals surface area contributed by atoms with Crippen LogP contribution in [0.2, 0.25) is 0 Å². The highest BCUT2D eigenvalue weighted by atomic mass is 16.5. The third-order valence-corrected chi connectivity index (χ3v) is 1.67. The fraction of sp³-hybridized carbons (Fsp3) is 0.889. The summed E-state index contributed by atoms with van der Waals surface area (Å²) >= 11 is 0. The van der Waals surface area contributed by atoms with Crippen molar-refractivity contribution in [3.05, 3.63) is 0 Å². The van der Waals surface area contributed by atoms with Crippen LogP contribution in [0.5, 0.6) is 0 Å². The highest BCUT2D eigenvalue weighted by Crippen LogP contribution is 2.18. The van der Waals surface area contributed by atoms with Crippen LogP contribution in [0.15, 0.2) is 0 Å². The quantitative estimate of drug-likeness (QED) is 0.538. The molecule has 64 valence electrons. The lowest BCUT2D eigenvalue weighted by molar-refractivity contribution is 0.0140. The second kappa shape index (κ2) is 6.18. The molecule has 0 aliphatic carbocycles. The second-order valence-electron chi connectivity index (χ2n) is 2.53. The molecule has 2 unspecified atom stereocenters. The number of hydrogen-bond acceptors (Lipinski definition) is 2. The highest BCUT2D eigenvalue weighted by Gasteiger charge is 2.17. The van der Waals surface area contributed by atoms with Gasteiger partial charge in [0.2, 0.25) is 0 Å². The summed E-state index contributed by atoms with van der Waals surface area (Å²) in [6.45, 7) is 6.78. The zero-order valence-electron chi connectivity index (χ0n) is 7.63. The molecule has 0 amide bonds. The summed E-state index contributed by atoms with van der Waals surface area (Å²) in [5.41, 5.74) is 0. The van der Waals surface area contributed by atoms with Crippen LogP contribution in [-0.4, -0.2) is 12.7 Å². The molecule has 2 nitrogen and oxygen atoms in total. The molecule has 1 heterocycles. The summed E-state index contributed by atoms with van der Waals surface area (Å²) in [5.74, 6) is 0.244. The largest absolute Gasteiger partial charge is 0.378 e. The Bertz CT molecular complexity index is 128. The van der Waals surface area contributed by atoms with E-state index in [1.807, 2.05) is 20.8 Å². The SMILES string of the molecule is CC.CC1CC(C#N)CCO1. The van der Waals surface area contributed by atoms with Gasteiger partial charge in [-0.3, -0.25) is 0 Å². The van der Waals surface area contributed by atoms with Crippen molar-refractivity contribution in [1.82, 2.24) is 0 Å². The minimum atomic E-state index is 0.244. The normalized spacial score (nSPS) is 29.6. The predicted octanol–water partition coefficient (Wildman–Crippen LogP) is 2.35. The van der Waals surface area contributed by atoms with E-state index in [-0.39, 0.29) is 5.92 Å². The Kier molecular flexibility index (Phi) is 5.87. The van der Waals surface area contributed by atoms with Crippen molar-refractivity contribution in [2.24, 2.45) is 5.92 Å². The highest BCUT2D eigenvalue weighted by molar-refractivity contribution is 4.85. The first-order chi connectivity index (χ1) is 5.33. The van der Waals surface area contributed by atoms with Gasteiger partial charge in [0, 0.05) is 6.61 Å². The Hall–Kier alpha value is -0.550. The van der Waals surface area contributed by atoms with E-state index in [9.17, 15) is 0 Å². The van der Waals surface area contributed by atoms with Crippen LogP contribution < -0.4 is 0 Å². The van der Waals surface area contributed by atoms with Gasteiger partial charge in [0.25, 0.3) is 0 Å². The predicted molar refractivity (Wildman–Crippen MR) is 45.1 cm³/mol. The number of nitriles is 1. The van der Waals surface area contributed by atoms with Gasteiger partial charge in [-0.25, -0.2) is 0 Å². The Morgan fingerprint density at radius 2 is 2.09 bits per heavy atom. The summed E-state index contributed by atoms with van der Waals surface area (Å²) in [6.07, 6.45) is 2.13. The summed E-state index contributed by atoms with van der Waals surface area (Å²) < 4.78 is 5.26. The molecule has 2 heteroatoms. The van der Waals surface area contributed by atoms with E-state index in [4.69, 9.17) is 10.00 Å². The average Bonchev–Trinajstić information content (AvgIpc) is 2.08. The fourth-order valence-electron chi connectivity index (χ4n) is 1.12. The van der Waals surface area contributed by atoms with Crippen LogP contribution in [0.25, 0.3) is 0 Å². The zero-order valence-corrected chi connectivity index (χ0v) is 7.63. The van der Waals surface area contributed by atoms with Crippen LogP contribution in [-0.2, 0) is 4.74 Å². The number of nitrogens with zero attached hydrogens (tertiary/aromatic N) is 1. The van der Waals surface area contributed by atoms with Crippen LogP contribution in [0, 0.1) is 17.2 Å². The maximum absolute atomic E-state index is 8.50. The number of ether oxygens (including phenoxy) is 1. The van der Waals surface area contributed by atoms with Crippen molar-refractivity contribution in [2.75, 3.05) is 6.61 Å². The molecule has 1 aliphatic heterocycles. The second-order valence-corrected chi connectivity index (χ2v) is 2.53. The van der Waals surface area contributed by atoms with Gasteiger partial charge in [-0.15, -0.1) is 0 Å². The molecular weight excluding hydrogens is 138 g/mol. The molecule has 0 radical (unpaired) electrons. The summed E-state index contributed by atoms with van der Waals surface area (Å²) in [7, 11) is 0. The van der Waals surface area contributed by atoms with Gasteiger partial charge in [-0.05, 0) is 19.8 Å². The van der Waals surface area contributed by atoms with Crippen LogP contribution in [0.4, 0.5) is 0 Å². The van der Waals surface area contributed by atoms with Gasteiger partial charge in [0.05, 0.1) is 18.1 Å². The maximum atomic E-state index is 8.50. The number of rotatable bonds is 0. The van der Waals surface area contributed by atoms with Gasteiger partial charge in [0.1, 0.15) is 0 Å². The minimum Gasteiger partial charge on any atom is -0.378 e. The standard InChI is InChI=1S/C7H11NO.C2H6/c1-6-4-7(5-8)2-3-9-6;1-2/h6-7H,2-4H2,1H3;1-2H3. The van der Waals surface area contributed by atoms with Crippen LogP contribution in [0.3, 0.4) is 0 Å². The average molecular weight is 155 g/mol. The Morgan fingerprint density at radius 3 is 2.45 bits per heavy atom. The maximum Gasteiger partial charge on any atom is 0.0657 e. The van der Waals surface area contributed by atoms with Crippen LogP contribution >= 0.6 is 0 Å². The molecule has 11 heavy (non-hydrogen) atoms. The van der Waals surface area contributed by atoms with Crippen molar-refractivity contribution >= 4 is 0 Å². The van der Waals surface area contributed by atoms with E-state index in [1.54, 1.807) is 0 Å².